The Balaban J connectivity index is 1.69. The van der Waals surface area contributed by atoms with Gasteiger partial charge < -0.3 is 15.6 Å². The van der Waals surface area contributed by atoms with Crippen LogP contribution in [0.2, 0.25) is 0 Å². The van der Waals surface area contributed by atoms with Crippen LogP contribution in [0, 0.1) is 0 Å². The molecule has 1 aliphatic heterocycles. The third-order valence-corrected chi connectivity index (χ3v) is 3.22. The molecule has 0 amide bonds. The minimum atomic E-state index is -0.0716. The molecule has 1 aliphatic rings. The largest absolute Gasteiger partial charge is 0.355 e. The van der Waals surface area contributed by atoms with Crippen LogP contribution in [-0.2, 0) is 6.54 Å². The molecule has 0 fully saturated rings. The van der Waals surface area contributed by atoms with Gasteiger partial charge in [-0.3, -0.25) is 9.56 Å². The Hall–Kier alpha value is -2.24. The maximum absolute atomic E-state index is 11.9. The number of rotatable bonds is 3. The van der Waals surface area contributed by atoms with Crippen LogP contribution in [0.15, 0.2) is 34.1 Å². The summed E-state index contributed by atoms with van der Waals surface area (Å²) in [5.41, 5.74) is 1.74. The molecule has 2 aromatic rings. The van der Waals surface area contributed by atoms with Gasteiger partial charge in [-0.1, -0.05) is 12.1 Å². The minimum absolute atomic E-state index is 0.0716. The van der Waals surface area contributed by atoms with Crippen molar-refractivity contribution in [3.8, 4) is 0 Å². The van der Waals surface area contributed by atoms with E-state index in [-0.39, 0.29) is 5.69 Å². The highest BCUT2D eigenvalue weighted by Gasteiger charge is 2.11. The molecule has 0 saturated heterocycles. The fourth-order valence-corrected chi connectivity index (χ4v) is 2.27. The van der Waals surface area contributed by atoms with E-state index in [0.29, 0.717) is 19.1 Å². The molecule has 0 spiro atoms. The van der Waals surface area contributed by atoms with Crippen LogP contribution in [0.4, 0.5) is 0 Å². The normalized spacial score (nSPS) is 18.4. The van der Waals surface area contributed by atoms with Crippen molar-refractivity contribution in [3.05, 3.63) is 34.7 Å². The number of benzene rings is 1. The number of aromatic nitrogens is 2. The van der Waals surface area contributed by atoms with E-state index in [1.807, 2.05) is 24.3 Å². The van der Waals surface area contributed by atoms with E-state index in [1.54, 1.807) is 4.57 Å². The van der Waals surface area contributed by atoms with Gasteiger partial charge in [-0.25, -0.2) is 4.79 Å². The molecule has 19 heavy (non-hydrogen) atoms. The molecule has 0 aliphatic carbocycles. The average Bonchev–Trinajstić information content (AvgIpc) is 2.94. The number of para-hydroxylation sites is 2. The van der Waals surface area contributed by atoms with Gasteiger partial charge in [0.15, 0.2) is 5.96 Å². The fourth-order valence-electron chi connectivity index (χ4n) is 2.27. The summed E-state index contributed by atoms with van der Waals surface area (Å²) in [6.45, 7) is 4.16. The molecule has 0 bridgehead atoms. The van der Waals surface area contributed by atoms with Crippen molar-refractivity contribution in [2.75, 3.05) is 13.1 Å². The molecular weight excluding hydrogens is 242 g/mol. The maximum atomic E-state index is 11.9. The highest BCUT2D eigenvalue weighted by atomic mass is 16.1. The van der Waals surface area contributed by atoms with Crippen molar-refractivity contribution in [3.63, 3.8) is 0 Å². The second-order valence-corrected chi connectivity index (χ2v) is 4.76. The molecule has 1 aromatic heterocycles. The zero-order valence-corrected chi connectivity index (χ0v) is 10.8. The first kappa shape index (κ1) is 11.8. The summed E-state index contributed by atoms with van der Waals surface area (Å²) in [6, 6.07) is 8.09. The van der Waals surface area contributed by atoms with E-state index in [4.69, 9.17) is 0 Å². The number of aromatic amines is 1. The topological polar surface area (TPSA) is 74.2 Å². The number of fused-ring (bicyclic) bond motifs is 1. The monoisotopic (exact) mass is 259 g/mol. The van der Waals surface area contributed by atoms with Gasteiger partial charge in [0.2, 0.25) is 0 Å². The zero-order chi connectivity index (χ0) is 13.2. The standard InChI is InChI=1S/C13H17N5O/c1-9-8-15-12(16-9)14-6-7-18-11-5-3-2-4-10(11)17-13(18)19/h2-5,9H,6-8H2,1H3,(H,17,19)(H2,14,15,16). The molecule has 1 unspecified atom stereocenters. The lowest BCUT2D eigenvalue weighted by molar-refractivity contribution is 0.656. The van der Waals surface area contributed by atoms with Crippen LogP contribution in [0.1, 0.15) is 6.92 Å². The van der Waals surface area contributed by atoms with Gasteiger partial charge in [0.25, 0.3) is 0 Å². The lowest BCUT2D eigenvalue weighted by Gasteiger charge is -2.09. The molecule has 6 nitrogen and oxygen atoms in total. The van der Waals surface area contributed by atoms with Gasteiger partial charge in [0.1, 0.15) is 0 Å². The fraction of sp³-hybridized carbons (Fsp3) is 0.385. The van der Waals surface area contributed by atoms with Crippen LogP contribution in [0.25, 0.3) is 11.0 Å². The highest BCUT2D eigenvalue weighted by Crippen LogP contribution is 2.08. The maximum Gasteiger partial charge on any atom is 0.326 e. The Morgan fingerprint density at radius 2 is 2.32 bits per heavy atom. The average molecular weight is 259 g/mol. The Morgan fingerprint density at radius 1 is 1.47 bits per heavy atom. The molecule has 1 atom stereocenters. The molecule has 0 saturated carbocycles. The summed E-state index contributed by atoms with van der Waals surface area (Å²) < 4.78 is 1.74. The third-order valence-electron chi connectivity index (χ3n) is 3.22. The van der Waals surface area contributed by atoms with E-state index in [1.165, 1.54) is 0 Å². The molecule has 3 N–H and O–H groups in total. The van der Waals surface area contributed by atoms with Crippen molar-refractivity contribution in [1.29, 1.82) is 0 Å². The third kappa shape index (κ3) is 2.33. The molecular formula is C13H17N5O. The Morgan fingerprint density at radius 3 is 3.11 bits per heavy atom. The van der Waals surface area contributed by atoms with Gasteiger partial charge in [-0.15, -0.1) is 0 Å². The van der Waals surface area contributed by atoms with Gasteiger partial charge in [-0.2, -0.15) is 0 Å². The van der Waals surface area contributed by atoms with Crippen molar-refractivity contribution in [2.24, 2.45) is 4.99 Å². The second kappa shape index (κ2) is 4.79. The zero-order valence-electron chi connectivity index (χ0n) is 10.8. The van der Waals surface area contributed by atoms with Gasteiger partial charge in [-0.05, 0) is 19.1 Å². The highest BCUT2D eigenvalue weighted by molar-refractivity contribution is 5.81. The van der Waals surface area contributed by atoms with E-state index in [2.05, 4.69) is 27.5 Å². The van der Waals surface area contributed by atoms with Crippen molar-refractivity contribution < 1.29 is 0 Å². The summed E-state index contributed by atoms with van der Waals surface area (Å²) in [6.07, 6.45) is 0. The predicted octanol–water partition coefficient (Wildman–Crippen LogP) is 0.267. The van der Waals surface area contributed by atoms with Gasteiger partial charge in [0.05, 0.1) is 17.6 Å². The smallest absolute Gasteiger partial charge is 0.326 e. The van der Waals surface area contributed by atoms with Crippen LogP contribution in [0.5, 0.6) is 0 Å². The number of hydrogen-bond donors (Lipinski definition) is 3. The first-order valence-corrected chi connectivity index (χ1v) is 6.46. The molecule has 1 aromatic carbocycles. The number of aliphatic imine (C=N–C) groups is 1. The van der Waals surface area contributed by atoms with Crippen molar-refractivity contribution in [1.82, 2.24) is 20.2 Å². The molecule has 6 heteroatoms. The van der Waals surface area contributed by atoms with Crippen LogP contribution in [-0.4, -0.2) is 34.6 Å². The second-order valence-electron chi connectivity index (χ2n) is 4.76. The quantitative estimate of drug-likeness (QED) is 0.740. The number of nitrogens with one attached hydrogen (secondary N) is 3. The van der Waals surface area contributed by atoms with Gasteiger partial charge in [0, 0.05) is 19.1 Å². The summed E-state index contributed by atoms with van der Waals surface area (Å²) in [4.78, 5) is 19.0. The Bertz CT molecular complexity index is 669. The molecule has 2 heterocycles. The first-order valence-electron chi connectivity index (χ1n) is 6.46. The van der Waals surface area contributed by atoms with E-state index < -0.39 is 0 Å². The molecule has 100 valence electrons. The van der Waals surface area contributed by atoms with E-state index in [0.717, 1.165) is 23.5 Å². The molecule has 0 radical (unpaired) electrons. The Labute approximate surface area is 110 Å². The number of imidazole rings is 1. The lowest BCUT2D eigenvalue weighted by Crippen LogP contribution is -2.39. The first-order chi connectivity index (χ1) is 9.24. The summed E-state index contributed by atoms with van der Waals surface area (Å²) in [5, 5.41) is 6.44. The number of guanidine groups is 1. The number of nitrogens with zero attached hydrogens (tertiary/aromatic N) is 2. The van der Waals surface area contributed by atoms with Crippen LogP contribution < -0.4 is 16.3 Å². The predicted molar refractivity (Wildman–Crippen MR) is 75.5 cm³/mol. The van der Waals surface area contributed by atoms with Crippen molar-refractivity contribution in [2.45, 2.75) is 19.5 Å². The summed E-state index contributed by atoms with van der Waals surface area (Å²) >= 11 is 0. The molecule has 3 rings (SSSR count). The SMILES string of the molecule is CC1CN=C(NCCn2c(=O)[nH]c3ccccc32)N1. The van der Waals surface area contributed by atoms with E-state index >= 15 is 0 Å². The summed E-state index contributed by atoms with van der Waals surface area (Å²) in [5.74, 6) is 0.820. The lowest BCUT2D eigenvalue weighted by atomic mass is 10.3. The van der Waals surface area contributed by atoms with E-state index in [9.17, 15) is 4.79 Å². The number of hydrogen-bond acceptors (Lipinski definition) is 4. The minimum Gasteiger partial charge on any atom is -0.355 e. The van der Waals surface area contributed by atoms with Gasteiger partial charge >= 0.3 is 5.69 Å². The number of H-pyrrole nitrogens is 1. The van der Waals surface area contributed by atoms with Crippen LogP contribution in [0.3, 0.4) is 0 Å². The van der Waals surface area contributed by atoms with Crippen LogP contribution >= 0.6 is 0 Å². The summed E-state index contributed by atoms with van der Waals surface area (Å²) in [7, 11) is 0. The van der Waals surface area contributed by atoms with Crippen molar-refractivity contribution >= 4 is 17.0 Å². The Kier molecular flexibility index (Phi) is 2.98.